The normalized spacial score (nSPS) is 9.85. The third kappa shape index (κ3) is 1.44. The monoisotopic (exact) mass is 175 g/mol. The van der Waals surface area contributed by atoms with Crippen molar-refractivity contribution in [1.29, 1.82) is 0 Å². The summed E-state index contributed by atoms with van der Waals surface area (Å²) < 4.78 is 4.87. The van der Waals surface area contributed by atoms with Gasteiger partial charge in [-0.05, 0) is 6.07 Å². The minimum atomic E-state index is 0.258. The Kier molecular flexibility index (Phi) is 1.84. The molecule has 0 aromatic carbocycles. The van der Waals surface area contributed by atoms with Gasteiger partial charge in [0.2, 0.25) is 0 Å². The van der Waals surface area contributed by atoms with E-state index in [1.807, 2.05) is 0 Å². The molecule has 0 unspecified atom stereocenters. The molecule has 0 bridgehead atoms. The zero-order valence-corrected chi connectivity index (χ0v) is 6.54. The SMILES string of the molecule is O=Cc1cc(-c2ccncn2)on1. The summed E-state index contributed by atoms with van der Waals surface area (Å²) >= 11 is 0. The van der Waals surface area contributed by atoms with Crippen molar-refractivity contribution in [2.75, 3.05) is 0 Å². The van der Waals surface area contributed by atoms with Crippen LogP contribution in [-0.4, -0.2) is 21.4 Å². The van der Waals surface area contributed by atoms with Gasteiger partial charge in [-0.25, -0.2) is 9.97 Å². The summed E-state index contributed by atoms with van der Waals surface area (Å²) in [5.41, 5.74) is 0.865. The fourth-order valence-electron chi connectivity index (χ4n) is 0.902. The van der Waals surface area contributed by atoms with Crippen molar-refractivity contribution in [1.82, 2.24) is 15.1 Å². The van der Waals surface area contributed by atoms with Crippen molar-refractivity contribution >= 4 is 6.29 Å². The molecule has 2 rings (SSSR count). The van der Waals surface area contributed by atoms with Crippen LogP contribution in [0.3, 0.4) is 0 Å². The van der Waals surface area contributed by atoms with Crippen molar-refractivity contribution in [2.45, 2.75) is 0 Å². The molecule has 0 aliphatic heterocycles. The third-order valence-corrected chi connectivity index (χ3v) is 1.48. The molecule has 2 aromatic heterocycles. The first-order valence-corrected chi connectivity index (χ1v) is 3.58. The quantitative estimate of drug-likeness (QED) is 0.635. The first-order chi connectivity index (χ1) is 6.40. The van der Waals surface area contributed by atoms with Gasteiger partial charge in [0.05, 0.1) is 0 Å². The summed E-state index contributed by atoms with van der Waals surface area (Å²) in [6.07, 6.45) is 3.61. The first kappa shape index (κ1) is 7.60. The molecule has 0 fully saturated rings. The minimum absolute atomic E-state index is 0.258. The highest BCUT2D eigenvalue weighted by atomic mass is 16.5. The smallest absolute Gasteiger partial charge is 0.186 e. The van der Waals surface area contributed by atoms with E-state index in [4.69, 9.17) is 4.52 Å². The Hall–Kier alpha value is -2.04. The lowest BCUT2D eigenvalue weighted by molar-refractivity contribution is 0.111. The second-order valence-corrected chi connectivity index (χ2v) is 2.33. The maximum atomic E-state index is 10.3. The second kappa shape index (κ2) is 3.14. The van der Waals surface area contributed by atoms with Crippen LogP contribution in [0, 0.1) is 0 Å². The molecule has 5 nitrogen and oxygen atoms in total. The average molecular weight is 175 g/mol. The molecule has 0 amide bonds. The van der Waals surface area contributed by atoms with Crippen LogP contribution in [0.1, 0.15) is 10.5 Å². The maximum absolute atomic E-state index is 10.3. The van der Waals surface area contributed by atoms with Gasteiger partial charge in [0.1, 0.15) is 17.7 Å². The van der Waals surface area contributed by atoms with E-state index in [0.717, 1.165) is 0 Å². The van der Waals surface area contributed by atoms with E-state index in [1.165, 1.54) is 12.4 Å². The zero-order chi connectivity index (χ0) is 9.10. The van der Waals surface area contributed by atoms with Crippen LogP contribution in [-0.2, 0) is 0 Å². The largest absolute Gasteiger partial charge is 0.354 e. The van der Waals surface area contributed by atoms with E-state index in [9.17, 15) is 4.79 Å². The summed E-state index contributed by atoms with van der Waals surface area (Å²) in [5.74, 6) is 0.463. The van der Waals surface area contributed by atoms with Crippen molar-refractivity contribution in [2.24, 2.45) is 0 Å². The zero-order valence-electron chi connectivity index (χ0n) is 6.54. The highest BCUT2D eigenvalue weighted by molar-refractivity contribution is 5.73. The van der Waals surface area contributed by atoms with Crippen molar-refractivity contribution in [3.05, 3.63) is 30.4 Å². The average Bonchev–Trinajstić information content (AvgIpc) is 2.67. The second-order valence-electron chi connectivity index (χ2n) is 2.33. The third-order valence-electron chi connectivity index (χ3n) is 1.48. The van der Waals surface area contributed by atoms with E-state index in [1.54, 1.807) is 12.3 Å². The van der Waals surface area contributed by atoms with E-state index in [-0.39, 0.29) is 5.69 Å². The van der Waals surface area contributed by atoms with Crippen LogP contribution in [0.15, 0.2) is 29.2 Å². The summed E-state index contributed by atoms with van der Waals surface area (Å²) in [6.45, 7) is 0. The number of carbonyl (C=O) groups excluding carboxylic acids is 1. The van der Waals surface area contributed by atoms with Crippen LogP contribution in [0.5, 0.6) is 0 Å². The number of carbonyl (C=O) groups is 1. The highest BCUT2D eigenvalue weighted by Gasteiger charge is 2.05. The maximum Gasteiger partial charge on any atom is 0.186 e. The van der Waals surface area contributed by atoms with E-state index < -0.39 is 0 Å². The fourth-order valence-corrected chi connectivity index (χ4v) is 0.902. The lowest BCUT2D eigenvalue weighted by atomic mass is 10.3. The van der Waals surface area contributed by atoms with Gasteiger partial charge in [-0.15, -0.1) is 0 Å². The first-order valence-electron chi connectivity index (χ1n) is 3.58. The summed E-state index contributed by atoms with van der Waals surface area (Å²) in [7, 11) is 0. The van der Waals surface area contributed by atoms with E-state index in [0.29, 0.717) is 17.7 Å². The molecule has 2 heterocycles. The Morgan fingerprint density at radius 2 is 2.38 bits per heavy atom. The number of aromatic nitrogens is 3. The molecule has 0 atom stereocenters. The summed E-state index contributed by atoms with van der Waals surface area (Å²) in [5, 5.41) is 3.51. The fraction of sp³-hybridized carbons (Fsp3) is 0. The van der Waals surface area contributed by atoms with Crippen LogP contribution in [0.2, 0.25) is 0 Å². The van der Waals surface area contributed by atoms with Crippen LogP contribution >= 0.6 is 0 Å². The molecule has 0 N–H and O–H groups in total. The van der Waals surface area contributed by atoms with Crippen molar-refractivity contribution in [3.8, 4) is 11.5 Å². The Labute approximate surface area is 73.4 Å². The van der Waals surface area contributed by atoms with Gasteiger partial charge >= 0.3 is 0 Å². The molecule has 0 aliphatic rings. The Balaban J connectivity index is 2.41. The lowest BCUT2D eigenvalue weighted by Gasteiger charge is -1.89. The van der Waals surface area contributed by atoms with Crippen LogP contribution in [0.4, 0.5) is 0 Å². The summed E-state index contributed by atoms with van der Waals surface area (Å²) in [6, 6.07) is 3.20. The summed E-state index contributed by atoms with van der Waals surface area (Å²) in [4.78, 5) is 18.0. The van der Waals surface area contributed by atoms with Crippen LogP contribution in [0.25, 0.3) is 11.5 Å². The Morgan fingerprint density at radius 1 is 1.46 bits per heavy atom. The van der Waals surface area contributed by atoms with Crippen molar-refractivity contribution in [3.63, 3.8) is 0 Å². The minimum Gasteiger partial charge on any atom is -0.354 e. The molecule has 0 saturated heterocycles. The van der Waals surface area contributed by atoms with Gasteiger partial charge in [-0.3, -0.25) is 4.79 Å². The van der Waals surface area contributed by atoms with E-state index >= 15 is 0 Å². The predicted molar refractivity (Wildman–Crippen MR) is 42.9 cm³/mol. The van der Waals surface area contributed by atoms with Gasteiger partial charge in [-0.1, -0.05) is 5.16 Å². The Morgan fingerprint density at radius 3 is 3.00 bits per heavy atom. The molecule has 2 aromatic rings. The standard InChI is InChI=1S/C8H5N3O2/c12-4-6-3-8(13-11-6)7-1-2-9-5-10-7/h1-5H. The number of hydrogen-bond acceptors (Lipinski definition) is 5. The molecule has 0 spiro atoms. The molecular formula is C8H5N3O2. The number of nitrogens with zero attached hydrogens (tertiary/aromatic N) is 3. The molecule has 13 heavy (non-hydrogen) atoms. The molecule has 0 radical (unpaired) electrons. The van der Waals surface area contributed by atoms with Crippen molar-refractivity contribution < 1.29 is 9.32 Å². The molecule has 5 heteroatoms. The van der Waals surface area contributed by atoms with Crippen LogP contribution < -0.4 is 0 Å². The lowest BCUT2D eigenvalue weighted by Crippen LogP contribution is -1.80. The van der Waals surface area contributed by atoms with Gasteiger partial charge in [0.25, 0.3) is 0 Å². The van der Waals surface area contributed by atoms with Gasteiger partial charge in [0, 0.05) is 12.3 Å². The predicted octanol–water partition coefficient (Wildman–Crippen LogP) is 0.944. The molecular weight excluding hydrogens is 170 g/mol. The number of aldehydes is 1. The Bertz CT molecular complexity index is 410. The molecule has 64 valence electrons. The number of rotatable bonds is 2. The number of hydrogen-bond donors (Lipinski definition) is 0. The molecule has 0 aliphatic carbocycles. The van der Waals surface area contributed by atoms with Gasteiger partial charge < -0.3 is 4.52 Å². The topological polar surface area (TPSA) is 68.9 Å². The van der Waals surface area contributed by atoms with Gasteiger partial charge in [-0.2, -0.15) is 0 Å². The van der Waals surface area contributed by atoms with E-state index in [2.05, 4.69) is 15.1 Å². The molecule has 0 saturated carbocycles. The van der Waals surface area contributed by atoms with Gasteiger partial charge in [0.15, 0.2) is 12.0 Å². The highest BCUT2D eigenvalue weighted by Crippen LogP contribution is 2.15.